The number of carbonyl (C=O) groups is 1. The van der Waals surface area contributed by atoms with Gasteiger partial charge in [0, 0.05) is 11.6 Å². The van der Waals surface area contributed by atoms with Crippen LogP contribution in [0.2, 0.25) is 0 Å². The first-order valence-electron chi connectivity index (χ1n) is 7.13. The maximum absolute atomic E-state index is 12.7. The number of nitrogen functional groups attached to an aromatic ring is 1. The van der Waals surface area contributed by atoms with Gasteiger partial charge < -0.3 is 5.73 Å². The van der Waals surface area contributed by atoms with E-state index in [0.717, 1.165) is 31.4 Å². The van der Waals surface area contributed by atoms with Gasteiger partial charge in [-0.05, 0) is 43.4 Å². The summed E-state index contributed by atoms with van der Waals surface area (Å²) in [5.74, 6) is 0.825. The Labute approximate surface area is 109 Å². The molecule has 2 aliphatic carbocycles. The number of hydrogen-bond acceptors (Lipinski definition) is 2. The van der Waals surface area contributed by atoms with Crippen LogP contribution < -0.4 is 5.73 Å². The molecule has 2 saturated carbocycles. The maximum Gasteiger partial charge on any atom is 0.146 e. The molecule has 0 aliphatic heterocycles. The van der Waals surface area contributed by atoms with E-state index >= 15 is 0 Å². The summed E-state index contributed by atoms with van der Waals surface area (Å²) in [5, 5.41) is 0. The van der Waals surface area contributed by atoms with Gasteiger partial charge in [0.2, 0.25) is 0 Å². The lowest BCUT2D eigenvalue weighted by Gasteiger charge is -2.25. The van der Waals surface area contributed by atoms with Gasteiger partial charge >= 0.3 is 0 Å². The van der Waals surface area contributed by atoms with Crippen molar-refractivity contribution in [1.29, 1.82) is 0 Å². The molecule has 0 aromatic heterocycles. The predicted octanol–water partition coefficient (Wildman–Crippen LogP) is 3.45. The highest BCUT2D eigenvalue weighted by Crippen LogP contribution is 2.51. The second kappa shape index (κ2) is 4.42. The Bertz CT molecular complexity index is 439. The van der Waals surface area contributed by atoms with E-state index in [-0.39, 0.29) is 5.41 Å². The van der Waals surface area contributed by atoms with Gasteiger partial charge in [0.15, 0.2) is 0 Å². The van der Waals surface area contributed by atoms with Gasteiger partial charge in [0.1, 0.15) is 5.78 Å². The van der Waals surface area contributed by atoms with Crippen molar-refractivity contribution in [3.05, 3.63) is 29.8 Å². The summed E-state index contributed by atoms with van der Waals surface area (Å²) in [5.41, 5.74) is 7.55. The Morgan fingerprint density at radius 3 is 2.22 bits per heavy atom. The molecule has 3 rings (SSSR count). The largest absolute Gasteiger partial charge is 0.399 e. The molecule has 1 aromatic rings. The van der Waals surface area contributed by atoms with Gasteiger partial charge in [0.05, 0.1) is 5.41 Å². The molecule has 2 nitrogen and oxygen atoms in total. The average Bonchev–Trinajstić information content (AvgIpc) is 3.21. The molecule has 2 heteroatoms. The summed E-state index contributed by atoms with van der Waals surface area (Å²) in [4.78, 5) is 12.7. The first kappa shape index (κ1) is 11.8. The zero-order valence-electron chi connectivity index (χ0n) is 10.8. The Morgan fingerprint density at radius 2 is 1.67 bits per heavy atom. The molecule has 0 atom stereocenters. The van der Waals surface area contributed by atoms with E-state index in [0.29, 0.717) is 11.7 Å². The van der Waals surface area contributed by atoms with Crippen LogP contribution in [0, 0.1) is 5.92 Å². The third-order valence-corrected chi connectivity index (χ3v) is 4.66. The molecule has 1 aromatic carbocycles. The Morgan fingerprint density at radius 1 is 1.06 bits per heavy atom. The lowest BCUT2D eigenvalue weighted by Crippen LogP contribution is -2.29. The van der Waals surface area contributed by atoms with E-state index in [4.69, 9.17) is 5.73 Å². The Balaban J connectivity index is 1.81. The van der Waals surface area contributed by atoms with E-state index in [1.807, 2.05) is 24.3 Å². The zero-order valence-corrected chi connectivity index (χ0v) is 10.8. The fourth-order valence-corrected chi connectivity index (χ4v) is 3.36. The van der Waals surface area contributed by atoms with Crippen molar-refractivity contribution in [3.63, 3.8) is 0 Å². The third-order valence-electron chi connectivity index (χ3n) is 4.66. The molecule has 0 amide bonds. The number of Topliss-reactive ketones (excluding diaryl/α,β-unsaturated/α-hetero) is 1. The number of anilines is 1. The Hall–Kier alpha value is -1.31. The molecule has 0 unspecified atom stereocenters. The van der Waals surface area contributed by atoms with Gasteiger partial charge in [-0.25, -0.2) is 0 Å². The van der Waals surface area contributed by atoms with Crippen LogP contribution in [0.5, 0.6) is 0 Å². The molecule has 0 spiro atoms. The number of carbonyl (C=O) groups excluding carboxylic acids is 1. The molecule has 96 valence electrons. The van der Waals surface area contributed by atoms with Crippen molar-refractivity contribution in [2.75, 3.05) is 5.73 Å². The van der Waals surface area contributed by atoms with Gasteiger partial charge in [-0.1, -0.05) is 31.4 Å². The minimum Gasteiger partial charge on any atom is -0.399 e. The van der Waals surface area contributed by atoms with Gasteiger partial charge in [-0.15, -0.1) is 0 Å². The number of nitrogens with two attached hydrogens (primary N) is 1. The van der Waals surface area contributed by atoms with Crippen LogP contribution in [-0.2, 0) is 10.2 Å². The quantitative estimate of drug-likeness (QED) is 0.826. The molecule has 0 radical (unpaired) electrons. The van der Waals surface area contributed by atoms with Crippen LogP contribution >= 0.6 is 0 Å². The lowest BCUT2D eigenvalue weighted by molar-refractivity contribution is -0.126. The van der Waals surface area contributed by atoms with E-state index in [1.165, 1.54) is 24.8 Å². The number of hydrogen-bond donors (Lipinski definition) is 1. The van der Waals surface area contributed by atoms with Crippen LogP contribution in [0.4, 0.5) is 5.69 Å². The topological polar surface area (TPSA) is 43.1 Å². The minimum atomic E-state index is -0.143. The molecule has 0 heterocycles. The number of benzene rings is 1. The maximum atomic E-state index is 12.7. The highest BCUT2D eigenvalue weighted by molar-refractivity contribution is 5.95. The van der Waals surface area contributed by atoms with Crippen LogP contribution in [0.25, 0.3) is 0 Å². The molecular formula is C16H21NO. The lowest BCUT2D eigenvalue weighted by atomic mass is 9.77. The molecular weight excluding hydrogens is 222 g/mol. The van der Waals surface area contributed by atoms with Crippen LogP contribution in [0.3, 0.4) is 0 Å². The second-order valence-corrected chi connectivity index (χ2v) is 5.90. The highest BCUT2D eigenvalue weighted by atomic mass is 16.1. The number of ketones is 1. The average molecular weight is 243 g/mol. The third kappa shape index (κ3) is 1.94. The smallest absolute Gasteiger partial charge is 0.146 e. The fraction of sp³-hybridized carbons (Fsp3) is 0.562. The van der Waals surface area contributed by atoms with E-state index in [2.05, 4.69) is 0 Å². The monoisotopic (exact) mass is 243 g/mol. The van der Waals surface area contributed by atoms with Crippen LogP contribution in [0.15, 0.2) is 24.3 Å². The van der Waals surface area contributed by atoms with Gasteiger partial charge in [-0.2, -0.15) is 0 Å². The summed E-state index contributed by atoms with van der Waals surface area (Å²) in [7, 11) is 0. The van der Waals surface area contributed by atoms with E-state index in [9.17, 15) is 4.79 Å². The Kier molecular flexibility index (Phi) is 2.89. The summed E-state index contributed by atoms with van der Waals surface area (Å²) in [6.07, 6.45) is 8.05. The van der Waals surface area contributed by atoms with Crippen molar-refractivity contribution in [2.45, 2.75) is 50.4 Å². The van der Waals surface area contributed by atoms with Gasteiger partial charge in [0.25, 0.3) is 0 Å². The van der Waals surface area contributed by atoms with Crippen molar-refractivity contribution in [1.82, 2.24) is 0 Å². The summed E-state index contributed by atoms with van der Waals surface area (Å²) in [6.45, 7) is 0. The van der Waals surface area contributed by atoms with Crippen LogP contribution in [0.1, 0.15) is 50.5 Å². The second-order valence-electron chi connectivity index (χ2n) is 5.90. The zero-order chi connectivity index (χ0) is 12.6. The first-order valence-corrected chi connectivity index (χ1v) is 7.13. The molecule has 2 N–H and O–H groups in total. The minimum absolute atomic E-state index is 0.143. The standard InChI is InChI=1S/C16H21NO/c17-14-8-6-13(7-9-14)16(10-11-16)15(18)12-4-2-1-3-5-12/h6-9,12H,1-5,10-11,17H2. The SMILES string of the molecule is Nc1ccc(C2(C(=O)C3CCCCC3)CC2)cc1. The summed E-state index contributed by atoms with van der Waals surface area (Å²) < 4.78 is 0. The highest BCUT2D eigenvalue weighted by Gasteiger charge is 2.52. The van der Waals surface area contributed by atoms with Crippen molar-refractivity contribution < 1.29 is 4.79 Å². The molecule has 0 bridgehead atoms. The molecule has 2 aliphatic rings. The van der Waals surface area contributed by atoms with Crippen molar-refractivity contribution in [2.24, 2.45) is 5.92 Å². The van der Waals surface area contributed by atoms with E-state index < -0.39 is 0 Å². The predicted molar refractivity (Wildman–Crippen MR) is 73.3 cm³/mol. The molecule has 2 fully saturated rings. The number of rotatable bonds is 3. The van der Waals surface area contributed by atoms with Gasteiger partial charge in [-0.3, -0.25) is 4.79 Å². The van der Waals surface area contributed by atoms with Crippen molar-refractivity contribution in [3.8, 4) is 0 Å². The van der Waals surface area contributed by atoms with Crippen LogP contribution in [-0.4, -0.2) is 5.78 Å². The normalized spacial score (nSPS) is 22.7. The first-order chi connectivity index (χ1) is 8.72. The summed E-state index contributed by atoms with van der Waals surface area (Å²) >= 11 is 0. The molecule has 0 saturated heterocycles. The van der Waals surface area contributed by atoms with Crippen molar-refractivity contribution >= 4 is 11.5 Å². The fourth-order valence-electron chi connectivity index (χ4n) is 3.36. The van der Waals surface area contributed by atoms with E-state index in [1.54, 1.807) is 0 Å². The summed E-state index contributed by atoms with van der Waals surface area (Å²) in [6, 6.07) is 7.93. The molecule has 18 heavy (non-hydrogen) atoms.